The Balaban J connectivity index is 1.54. The summed E-state index contributed by atoms with van der Waals surface area (Å²) < 4.78 is 15.8. The van der Waals surface area contributed by atoms with Crippen LogP contribution in [0.1, 0.15) is 12.0 Å². The molecule has 3 aromatic rings. The molecule has 9 heteroatoms. The molecule has 0 saturated carbocycles. The van der Waals surface area contributed by atoms with Crippen LogP contribution in [0.3, 0.4) is 0 Å². The average molecular weight is 504 g/mol. The quantitative estimate of drug-likeness (QED) is 0.418. The van der Waals surface area contributed by atoms with E-state index in [1.54, 1.807) is 75.9 Å². The lowest BCUT2D eigenvalue weighted by molar-refractivity contribution is -0.124. The zero-order valence-electron chi connectivity index (χ0n) is 21.0. The van der Waals surface area contributed by atoms with Crippen molar-refractivity contribution in [2.45, 2.75) is 18.9 Å². The maximum atomic E-state index is 13.4. The van der Waals surface area contributed by atoms with Gasteiger partial charge in [0, 0.05) is 12.2 Å². The number of urea groups is 1. The van der Waals surface area contributed by atoms with Crippen LogP contribution in [-0.4, -0.2) is 56.7 Å². The van der Waals surface area contributed by atoms with Crippen LogP contribution in [0.25, 0.3) is 0 Å². The summed E-state index contributed by atoms with van der Waals surface area (Å²) in [6.45, 7) is 0.240. The number of rotatable bonds is 10. The zero-order valence-corrected chi connectivity index (χ0v) is 21.0. The van der Waals surface area contributed by atoms with Gasteiger partial charge in [-0.1, -0.05) is 24.3 Å². The Morgan fingerprint density at radius 1 is 0.865 bits per heavy atom. The molecule has 1 N–H and O–H groups in total. The number of hydrogen-bond donors (Lipinski definition) is 1. The fourth-order valence-electron chi connectivity index (χ4n) is 4.25. The van der Waals surface area contributed by atoms with Crippen molar-refractivity contribution >= 4 is 29.2 Å². The van der Waals surface area contributed by atoms with E-state index in [0.717, 1.165) is 10.5 Å². The molecule has 1 aliphatic heterocycles. The fourth-order valence-corrected chi connectivity index (χ4v) is 4.25. The van der Waals surface area contributed by atoms with Gasteiger partial charge in [0.2, 0.25) is 5.91 Å². The zero-order chi connectivity index (χ0) is 26.4. The second kappa shape index (κ2) is 11.5. The first-order valence-electron chi connectivity index (χ1n) is 11.8. The van der Waals surface area contributed by atoms with Crippen molar-refractivity contribution in [3.05, 3.63) is 78.4 Å². The molecule has 1 aliphatic rings. The minimum atomic E-state index is -0.939. The molecule has 1 saturated heterocycles. The molecule has 0 bridgehead atoms. The van der Waals surface area contributed by atoms with E-state index in [9.17, 15) is 14.4 Å². The number of benzene rings is 3. The van der Waals surface area contributed by atoms with Gasteiger partial charge in [0.15, 0.2) is 11.5 Å². The number of carbonyl (C=O) groups excluding carboxylic acids is 3. The number of nitrogens with zero attached hydrogens (tertiary/aromatic N) is 2. The van der Waals surface area contributed by atoms with Crippen molar-refractivity contribution in [2.24, 2.45) is 0 Å². The van der Waals surface area contributed by atoms with Gasteiger partial charge in [-0.05, 0) is 60.5 Å². The van der Waals surface area contributed by atoms with Crippen LogP contribution in [-0.2, 0) is 16.0 Å². The molecule has 37 heavy (non-hydrogen) atoms. The molecule has 4 amide bonds. The topological polar surface area (TPSA) is 97.4 Å². The van der Waals surface area contributed by atoms with Crippen LogP contribution < -0.4 is 24.4 Å². The summed E-state index contributed by atoms with van der Waals surface area (Å²) in [6.07, 6.45) is 0.282. The predicted molar refractivity (Wildman–Crippen MR) is 139 cm³/mol. The monoisotopic (exact) mass is 503 g/mol. The number of amides is 4. The highest BCUT2D eigenvalue weighted by molar-refractivity contribution is 6.22. The number of imide groups is 1. The lowest BCUT2D eigenvalue weighted by Crippen LogP contribution is -2.39. The Morgan fingerprint density at radius 2 is 1.57 bits per heavy atom. The van der Waals surface area contributed by atoms with Gasteiger partial charge in [-0.25, -0.2) is 9.69 Å². The highest BCUT2D eigenvalue weighted by atomic mass is 16.5. The van der Waals surface area contributed by atoms with E-state index in [-0.39, 0.29) is 18.9 Å². The van der Waals surface area contributed by atoms with Gasteiger partial charge >= 0.3 is 6.03 Å². The Kier molecular flexibility index (Phi) is 7.92. The molecule has 0 spiro atoms. The summed E-state index contributed by atoms with van der Waals surface area (Å²) in [7, 11) is 4.68. The summed E-state index contributed by atoms with van der Waals surface area (Å²) in [5.74, 6) is 1.03. The van der Waals surface area contributed by atoms with Crippen LogP contribution in [0.4, 0.5) is 16.2 Å². The van der Waals surface area contributed by atoms with Crippen molar-refractivity contribution in [1.82, 2.24) is 4.90 Å². The number of nitrogens with one attached hydrogen (secondary N) is 1. The van der Waals surface area contributed by atoms with Crippen molar-refractivity contribution in [3.63, 3.8) is 0 Å². The maximum Gasteiger partial charge on any atom is 0.332 e. The Labute approximate surface area is 215 Å². The van der Waals surface area contributed by atoms with Gasteiger partial charge in [0.1, 0.15) is 11.8 Å². The summed E-state index contributed by atoms with van der Waals surface area (Å²) in [5.41, 5.74) is 1.93. The van der Waals surface area contributed by atoms with Crippen LogP contribution in [0.15, 0.2) is 72.8 Å². The number of para-hydroxylation sites is 1. The number of hydrogen-bond acceptors (Lipinski definition) is 6. The van der Waals surface area contributed by atoms with E-state index in [1.807, 2.05) is 18.2 Å². The van der Waals surface area contributed by atoms with E-state index < -0.39 is 18.0 Å². The number of carbonyl (C=O) groups is 3. The maximum absolute atomic E-state index is 13.4. The first-order valence-corrected chi connectivity index (χ1v) is 11.8. The van der Waals surface area contributed by atoms with Crippen LogP contribution >= 0.6 is 0 Å². The van der Waals surface area contributed by atoms with Crippen LogP contribution in [0.2, 0.25) is 0 Å². The molecule has 1 fully saturated rings. The van der Waals surface area contributed by atoms with Crippen molar-refractivity contribution in [2.75, 3.05) is 38.1 Å². The SMILES string of the molecule is COc1ccc(NC(=O)C[C@H]2C(=O)N(c3ccccc3)C(=O)N2CCc2ccc(OC)c(OC)c2)cc1. The first kappa shape index (κ1) is 25.6. The predicted octanol–water partition coefficient (Wildman–Crippen LogP) is 4.12. The second-order valence-corrected chi connectivity index (χ2v) is 8.42. The number of ether oxygens (including phenoxy) is 3. The van der Waals surface area contributed by atoms with Crippen molar-refractivity contribution < 1.29 is 28.6 Å². The summed E-state index contributed by atoms with van der Waals surface area (Å²) in [4.78, 5) is 42.4. The largest absolute Gasteiger partial charge is 0.497 e. The van der Waals surface area contributed by atoms with E-state index in [1.165, 1.54) is 4.90 Å². The van der Waals surface area contributed by atoms with E-state index >= 15 is 0 Å². The fraction of sp³-hybridized carbons (Fsp3) is 0.250. The lowest BCUT2D eigenvalue weighted by Gasteiger charge is -2.22. The van der Waals surface area contributed by atoms with Crippen molar-refractivity contribution in [1.29, 1.82) is 0 Å². The van der Waals surface area contributed by atoms with Gasteiger partial charge in [-0.15, -0.1) is 0 Å². The van der Waals surface area contributed by atoms with Gasteiger partial charge < -0.3 is 24.4 Å². The minimum Gasteiger partial charge on any atom is -0.497 e. The van der Waals surface area contributed by atoms with E-state index in [0.29, 0.717) is 35.0 Å². The van der Waals surface area contributed by atoms with Gasteiger partial charge in [0.05, 0.1) is 33.4 Å². The smallest absolute Gasteiger partial charge is 0.332 e. The van der Waals surface area contributed by atoms with Gasteiger partial charge in [-0.3, -0.25) is 9.59 Å². The van der Waals surface area contributed by atoms with Gasteiger partial charge in [0.25, 0.3) is 5.91 Å². The van der Waals surface area contributed by atoms with Gasteiger partial charge in [-0.2, -0.15) is 0 Å². The molecular weight excluding hydrogens is 474 g/mol. The third kappa shape index (κ3) is 5.66. The average Bonchev–Trinajstić information content (AvgIpc) is 3.16. The van der Waals surface area contributed by atoms with Crippen LogP contribution in [0.5, 0.6) is 17.2 Å². The molecule has 0 aromatic heterocycles. The highest BCUT2D eigenvalue weighted by Gasteiger charge is 2.46. The Bertz CT molecular complexity index is 1260. The molecule has 0 radical (unpaired) electrons. The van der Waals surface area contributed by atoms with E-state index in [4.69, 9.17) is 14.2 Å². The molecule has 0 aliphatic carbocycles. The highest BCUT2D eigenvalue weighted by Crippen LogP contribution is 2.30. The van der Waals surface area contributed by atoms with E-state index in [2.05, 4.69) is 5.32 Å². The standard InChI is InChI=1S/C28H29N3O6/c1-35-22-12-10-20(11-13-22)29-26(32)18-23-27(33)31(21-7-5-4-6-8-21)28(34)30(23)16-15-19-9-14-24(36-2)25(17-19)37-3/h4-14,17,23H,15-16,18H2,1-3H3,(H,29,32)/t23-/m0/s1. The lowest BCUT2D eigenvalue weighted by atomic mass is 10.1. The van der Waals surface area contributed by atoms with Crippen molar-refractivity contribution in [3.8, 4) is 17.2 Å². The third-order valence-corrected chi connectivity index (χ3v) is 6.17. The Hall–Kier alpha value is -4.53. The summed E-state index contributed by atoms with van der Waals surface area (Å²) in [5, 5.41) is 2.80. The molecule has 3 aromatic carbocycles. The number of methoxy groups -OCH3 is 3. The first-order chi connectivity index (χ1) is 17.9. The minimum absolute atomic E-state index is 0.175. The number of anilines is 2. The third-order valence-electron chi connectivity index (χ3n) is 6.17. The Morgan fingerprint density at radius 3 is 2.22 bits per heavy atom. The summed E-state index contributed by atoms with van der Waals surface area (Å²) in [6, 6.07) is 19.7. The normalized spacial score (nSPS) is 15.1. The molecule has 1 heterocycles. The molecule has 4 rings (SSSR count). The van der Waals surface area contributed by atoms with Crippen LogP contribution in [0, 0.1) is 0 Å². The molecule has 9 nitrogen and oxygen atoms in total. The molecule has 192 valence electrons. The summed E-state index contributed by atoms with van der Waals surface area (Å²) >= 11 is 0. The second-order valence-electron chi connectivity index (χ2n) is 8.42. The molecule has 0 unspecified atom stereocenters. The molecular formula is C28H29N3O6. The molecule has 1 atom stereocenters.